The van der Waals surface area contributed by atoms with Gasteiger partial charge < -0.3 is 0 Å². The Morgan fingerprint density at radius 2 is 1.86 bits per heavy atom. The van der Waals surface area contributed by atoms with Crippen LogP contribution in [0.4, 0.5) is 0 Å². The van der Waals surface area contributed by atoms with Gasteiger partial charge in [0, 0.05) is 5.39 Å². The lowest BCUT2D eigenvalue weighted by molar-refractivity contribution is -0.116. The topological polar surface area (TPSA) is 47.3 Å². The van der Waals surface area contributed by atoms with Crippen LogP contribution in [0.25, 0.3) is 16.6 Å². The number of nitrogens with zero attached hydrogens (tertiary/aromatic N) is 3. The number of ketones is 1. The summed E-state index contributed by atoms with van der Waals surface area (Å²) in [5.74, 6) is 0.144. The van der Waals surface area contributed by atoms with E-state index in [9.17, 15) is 4.79 Å². The van der Waals surface area contributed by atoms with Crippen LogP contribution in [0.15, 0.2) is 23.4 Å². The molecule has 0 fully saturated rings. The van der Waals surface area contributed by atoms with Gasteiger partial charge in [-0.1, -0.05) is 23.4 Å². The van der Waals surface area contributed by atoms with E-state index in [1.165, 1.54) is 33.8 Å². The van der Waals surface area contributed by atoms with Gasteiger partial charge in [-0.15, -0.1) is 10.2 Å². The monoisotopic (exact) mass is 313 g/mol. The number of fused-ring (bicyclic) bond motifs is 3. The average molecular weight is 313 g/mol. The molecule has 0 aliphatic carbocycles. The zero-order chi connectivity index (χ0) is 16.0. The molecule has 0 saturated carbocycles. The molecule has 4 nitrogen and oxygen atoms in total. The van der Waals surface area contributed by atoms with Gasteiger partial charge in [-0.2, -0.15) is 0 Å². The summed E-state index contributed by atoms with van der Waals surface area (Å²) < 4.78 is 2.07. The number of aromatic nitrogens is 3. The van der Waals surface area contributed by atoms with E-state index in [0.717, 1.165) is 16.3 Å². The fraction of sp³-hybridized carbons (Fsp3) is 0.353. The van der Waals surface area contributed by atoms with E-state index in [-0.39, 0.29) is 11.0 Å². The van der Waals surface area contributed by atoms with Crippen molar-refractivity contribution in [3.63, 3.8) is 0 Å². The summed E-state index contributed by atoms with van der Waals surface area (Å²) in [4.78, 5) is 11.6. The minimum atomic E-state index is -0.130. The van der Waals surface area contributed by atoms with E-state index in [4.69, 9.17) is 0 Å². The molecule has 1 aromatic carbocycles. The molecule has 0 aliphatic rings. The summed E-state index contributed by atoms with van der Waals surface area (Å²) in [6.07, 6.45) is 0. The van der Waals surface area contributed by atoms with Crippen molar-refractivity contribution in [2.45, 2.75) is 45.0 Å². The Labute approximate surface area is 133 Å². The molecule has 0 radical (unpaired) electrons. The number of rotatable bonds is 3. The van der Waals surface area contributed by atoms with Crippen LogP contribution in [0.1, 0.15) is 30.5 Å². The highest BCUT2D eigenvalue weighted by Crippen LogP contribution is 2.30. The van der Waals surface area contributed by atoms with Crippen molar-refractivity contribution in [1.29, 1.82) is 0 Å². The SMILES string of the molecule is CC(=O)C(C)Sc1nnc2cc(C)c3cc(C)cc(C)c3n12. The average Bonchev–Trinajstić information content (AvgIpc) is 2.81. The summed E-state index contributed by atoms with van der Waals surface area (Å²) in [7, 11) is 0. The van der Waals surface area contributed by atoms with Gasteiger partial charge in [0.25, 0.3) is 0 Å². The molecular formula is C17H19N3OS. The molecule has 0 amide bonds. The second-order valence-corrected chi connectivity index (χ2v) is 7.16. The first-order valence-electron chi connectivity index (χ1n) is 7.31. The number of carbonyl (C=O) groups is 1. The molecule has 1 atom stereocenters. The molecule has 1 unspecified atom stereocenters. The van der Waals surface area contributed by atoms with Crippen molar-refractivity contribution in [3.05, 3.63) is 34.9 Å². The first-order chi connectivity index (χ1) is 10.4. The first kappa shape index (κ1) is 15.0. The molecule has 0 bridgehead atoms. The van der Waals surface area contributed by atoms with Gasteiger partial charge in [-0.05, 0) is 57.9 Å². The second kappa shape index (κ2) is 5.39. The number of hydrogen-bond donors (Lipinski definition) is 0. The molecule has 5 heteroatoms. The number of benzene rings is 1. The molecule has 3 rings (SSSR count). The van der Waals surface area contributed by atoms with Crippen LogP contribution in [-0.4, -0.2) is 25.6 Å². The van der Waals surface area contributed by atoms with Gasteiger partial charge in [0.05, 0.1) is 10.8 Å². The number of thioether (sulfide) groups is 1. The lowest BCUT2D eigenvalue weighted by Crippen LogP contribution is -2.09. The smallest absolute Gasteiger partial charge is 0.196 e. The fourth-order valence-electron chi connectivity index (χ4n) is 2.73. The zero-order valence-corrected chi connectivity index (χ0v) is 14.3. The summed E-state index contributed by atoms with van der Waals surface area (Å²) in [6.45, 7) is 9.83. The number of Topliss-reactive ketones (excluding diaryl/α,β-unsaturated/α-hetero) is 1. The van der Waals surface area contributed by atoms with Crippen LogP contribution in [0.3, 0.4) is 0 Å². The summed E-state index contributed by atoms with van der Waals surface area (Å²) >= 11 is 1.46. The highest BCUT2D eigenvalue weighted by atomic mass is 32.2. The Morgan fingerprint density at radius 1 is 1.14 bits per heavy atom. The van der Waals surface area contributed by atoms with Crippen molar-refractivity contribution in [2.75, 3.05) is 0 Å². The molecule has 0 N–H and O–H groups in total. The molecule has 2 aromatic heterocycles. The van der Waals surface area contributed by atoms with Crippen LogP contribution in [0, 0.1) is 20.8 Å². The van der Waals surface area contributed by atoms with Gasteiger partial charge in [0.1, 0.15) is 5.78 Å². The Morgan fingerprint density at radius 3 is 2.55 bits per heavy atom. The van der Waals surface area contributed by atoms with Crippen molar-refractivity contribution in [1.82, 2.24) is 14.6 Å². The summed E-state index contributed by atoms with van der Waals surface area (Å²) in [5.41, 5.74) is 5.59. The standard InChI is InChI=1S/C17H19N3OS/c1-9-6-11(3)16-14(7-9)10(2)8-15-18-19-17(20(15)16)22-13(5)12(4)21/h6-8,13H,1-5H3. The molecule has 0 saturated heterocycles. The maximum absolute atomic E-state index is 11.6. The molecule has 114 valence electrons. The quantitative estimate of drug-likeness (QED) is 0.689. The normalized spacial score (nSPS) is 13.0. The van der Waals surface area contributed by atoms with Crippen molar-refractivity contribution in [2.24, 2.45) is 0 Å². The van der Waals surface area contributed by atoms with E-state index in [2.05, 4.69) is 53.6 Å². The predicted molar refractivity (Wildman–Crippen MR) is 90.7 cm³/mol. The largest absolute Gasteiger partial charge is 0.299 e. The van der Waals surface area contributed by atoms with Gasteiger partial charge >= 0.3 is 0 Å². The van der Waals surface area contributed by atoms with E-state index in [0.29, 0.717) is 0 Å². The third-order valence-corrected chi connectivity index (χ3v) is 5.11. The maximum Gasteiger partial charge on any atom is 0.196 e. The van der Waals surface area contributed by atoms with Gasteiger partial charge in [0.15, 0.2) is 10.8 Å². The van der Waals surface area contributed by atoms with Crippen LogP contribution >= 0.6 is 11.8 Å². The second-order valence-electron chi connectivity index (χ2n) is 5.85. The third kappa shape index (κ3) is 2.39. The molecule has 0 aliphatic heterocycles. The fourth-order valence-corrected chi connectivity index (χ4v) is 3.59. The number of pyridine rings is 1. The van der Waals surface area contributed by atoms with Crippen molar-refractivity contribution >= 4 is 34.1 Å². The highest BCUT2D eigenvalue weighted by molar-refractivity contribution is 8.00. The summed E-state index contributed by atoms with van der Waals surface area (Å²) in [5, 5.41) is 10.4. The molecule has 22 heavy (non-hydrogen) atoms. The van der Waals surface area contributed by atoms with Gasteiger partial charge in [0.2, 0.25) is 0 Å². The van der Waals surface area contributed by atoms with Crippen molar-refractivity contribution < 1.29 is 4.79 Å². The van der Waals surface area contributed by atoms with Crippen LogP contribution in [0.5, 0.6) is 0 Å². The van der Waals surface area contributed by atoms with Gasteiger partial charge in [-0.25, -0.2) is 0 Å². The lowest BCUT2D eigenvalue weighted by atomic mass is 10.0. The highest BCUT2D eigenvalue weighted by Gasteiger charge is 2.17. The lowest BCUT2D eigenvalue weighted by Gasteiger charge is -2.12. The van der Waals surface area contributed by atoms with E-state index in [1.54, 1.807) is 6.92 Å². The zero-order valence-electron chi connectivity index (χ0n) is 13.5. The molecule has 3 aromatic rings. The minimum Gasteiger partial charge on any atom is -0.299 e. The first-order valence-corrected chi connectivity index (χ1v) is 8.19. The Balaban J connectivity index is 2.33. The van der Waals surface area contributed by atoms with Crippen molar-refractivity contribution in [3.8, 4) is 0 Å². The van der Waals surface area contributed by atoms with E-state index in [1.807, 2.05) is 6.92 Å². The maximum atomic E-state index is 11.6. The van der Waals surface area contributed by atoms with Crippen LogP contribution in [-0.2, 0) is 4.79 Å². The molecule has 0 spiro atoms. The molecule has 2 heterocycles. The molecular weight excluding hydrogens is 294 g/mol. The van der Waals surface area contributed by atoms with E-state index < -0.39 is 0 Å². The van der Waals surface area contributed by atoms with E-state index >= 15 is 0 Å². The Hall–Kier alpha value is -1.88. The van der Waals surface area contributed by atoms with Crippen LogP contribution < -0.4 is 0 Å². The Kier molecular flexibility index (Phi) is 3.68. The third-order valence-electron chi connectivity index (χ3n) is 3.95. The summed E-state index contributed by atoms with van der Waals surface area (Å²) in [6, 6.07) is 6.42. The number of aryl methyl sites for hydroxylation is 3. The number of hydrogen-bond acceptors (Lipinski definition) is 4. The Bertz CT molecular complexity index is 898. The number of carbonyl (C=O) groups excluding carboxylic acids is 1. The van der Waals surface area contributed by atoms with Gasteiger partial charge in [-0.3, -0.25) is 9.20 Å². The minimum absolute atomic E-state index is 0.130. The van der Waals surface area contributed by atoms with Crippen LogP contribution in [0.2, 0.25) is 0 Å². The predicted octanol–water partition coefficient (Wildman–Crippen LogP) is 3.88.